The Morgan fingerprint density at radius 2 is 1.20 bits per heavy atom. The Hall–Kier alpha value is -6.21. The fourth-order valence-corrected chi connectivity index (χ4v) is 8.98. The molecule has 0 saturated carbocycles. The summed E-state index contributed by atoms with van der Waals surface area (Å²) in [6.07, 6.45) is -0.556. The number of benzene rings is 7. The smallest absolute Gasteiger partial charge is 0.143 e. The van der Waals surface area contributed by atoms with Crippen molar-refractivity contribution < 1.29 is 8.83 Å². The SMILES string of the molecule is c1ccc(C2=NC(c3cccc4c3oc3ccc(-c5cccc6c5oc5ccccc56)cc34)NC(c3cccc4sc5ccccc5c34)N2)cc1. The molecule has 7 aromatic carbocycles. The van der Waals surface area contributed by atoms with Gasteiger partial charge in [0.2, 0.25) is 0 Å². The molecule has 0 radical (unpaired) electrons. The van der Waals surface area contributed by atoms with Gasteiger partial charge in [0, 0.05) is 58.4 Å². The summed E-state index contributed by atoms with van der Waals surface area (Å²) in [5.74, 6) is 0.843. The molecule has 2 atom stereocenters. The van der Waals surface area contributed by atoms with Crippen molar-refractivity contribution in [2.45, 2.75) is 12.3 Å². The van der Waals surface area contributed by atoms with Crippen molar-refractivity contribution in [3.63, 3.8) is 0 Å². The molecule has 0 amide bonds. The summed E-state index contributed by atoms with van der Waals surface area (Å²) in [5, 5.41) is 14.5. The number of rotatable bonds is 4. The maximum absolute atomic E-state index is 6.71. The first-order chi connectivity index (χ1) is 25.3. The number of furan rings is 2. The maximum atomic E-state index is 6.71. The lowest BCUT2D eigenvalue weighted by molar-refractivity contribution is 0.410. The van der Waals surface area contributed by atoms with Gasteiger partial charge in [0.15, 0.2) is 0 Å². The first-order valence-corrected chi connectivity index (χ1v) is 18.0. The average Bonchev–Trinajstić information content (AvgIpc) is 3.89. The number of nitrogens with one attached hydrogen (secondary N) is 2. The fourth-order valence-electron chi connectivity index (χ4n) is 7.84. The minimum absolute atomic E-state index is 0.194. The van der Waals surface area contributed by atoms with E-state index < -0.39 is 0 Å². The van der Waals surface area contributed by atoms with Crippen molar-refractivity contribution in [1.82, 2.24) is 10.6 Å². The minimum Gasteiger partial charge on any atom is -0.456 e. The number of aliphatic imine (C=N–C) groups is 1. The summed E-state index contributed by atoms with van der Waals surface area (Å²) < 4.78 is 15.7. The van der Waals surface area contributed by atoms with Crippen LogP contribution in [-0.2, 0) is 0 Å². The Labute approximate surface area is 296 Å². The molecule has 1 aliphatic rings. The highest BCUT2D eigenvalue weighted by atomic mass is 32.1. The Morgan fingerprint density at radius 3 is 2.12 bits per heavy atom. The number of para-hydroxylation sites is 3. The van der Waals surface area contributed by atoms with Crippen molar-refractivity contribution in [1.29, 1.82) is 0 Å². The highest BCUT2D eigenvalue weighted by molar-refractivity contribution is 7.25. The third-order valence-corrected chi connectivity index (χ3v) is 11.3. The minimum atomic E-state index is -0.361. The van der Waals surface area contributed by atoms with Crippen LogP contribution in [0.2, 0.25) is 0 Å². The molecule has 242 valence electrons. The van der Waals surface area contributed by atoms with Crippen LogP contribution in [0, 0.1) is 0 Å². The van der Waals surface area contributed by atoms with E-state index in [1.165, 1.54) is 25.7 Å². The van der Waals surface area contributed by atoms with E-state index in [1.54, 1.807) is 0 Å². The molecule has 10 aromatic rings. The Balaban J connectivity index is 1.06. The van der Waals surface area contributed by atoms with Gasteiger partial charge in [-0.3, -0.25) is 5.32 Å². The van der Waals surface area contributed by atoms with E-state index in [4.69, 9.17) is 13.8 Å². The van der Waals surface area contributed by atoms with Gasteiger partial charge in [-0.25, -0.2) is 4.99 Å². The van der Waals surface area contributed by atoms with Crippen LogP contribution in [-0.4, -0.2) is 5.84 Å². The zero-order chi connectivity index (χ0) is 33.5. The molecule has 0 saturated heterocycles. The highest BCUT2D eigenvalue weighted by Crippen LogP contribution is 2.42. The molecule has 0 bridgehead atoms. The summed E-state index contributed by atoms with van der Waals surface area (Å²) in [4.78, 5) is 5.29. The summed E-state index contributed by atoms with van der Waals surface area (Å²) >= 11 is 1.83. The number of thiophene rings is 1. The summed E-state index contributed by atoms with van der Waals surface area (Å²) in [7, 11) is 0. The van der Waals surface area contributed by atoms with Gasteiger partial charge in [0.1, 0.15) is 40.5 Å². The molecular formula is C45H29N3O2S. The van der Waals surface area contributed by atoms with Gasteiger partial charge in [0.25, 0.3) is 0 Å². The second kappa shape index (κ2) is 11.2. The molecule has 2 N–H and O–H groups in total. The third kappa shape index (κ3) is 4.47. The average molecular weight is 676 g/mol. The van der Waals surface area contributed by atoms with Crippen LogP contribution in [0.4, 0.5) is 0 Å². The molecule has 6 heteroatoms. The van der Waals surface area contributed by atoms with E-state index in [0.29, 0.717) is 0 Å². The molecule has 0 aliphatic carbocycles. The Bertz CT molecular complexity index is 3010. The quantitative estimate of drug-likeness (QED) is 0.195. The largest absolute Gasteiger partial charge is 0.456 e. The van der Waals surface area contributed by atoms with Crippen LogP contribution in [0.25, 0.3) is 75.2 Å². The molecule has 3 aromatic heterocycles. The van der Waals surface area contributed by atoms with E-state index in [0.717, 1.165) is 72.0 Å². The molecule has 51 heavy (non-hydrogen) atoms. The zero-order valence-corrected chi connectivity index (χ0v) is 28.1. The highest BCUT2D eigenvalue weighted by Gasteiger charge is 2.29. The van der Waals surface area contributed by atoms with E-state index in [2.05, 4.69) is 144 Å². The molecule has 1 aliphatic heterocycles. The van der Waals surface area contributed by atoms with E-state index >= 15 is 0 Å². The van der Waals surface area contributed by atoms with Crippen LogP contribution in [0.3, 0.4) is 0 Å². The van der Waals surface area contributed by atoms with E-state index in [9.17, 15) is 0 Å². The van der Waals surface area contributed by atoms with Crippen molar-refractivity contribution in [2.24, 2.45) is 4.99 Å². The topological polar surface area (TPSA) is 62.7 Å². The number of nitrogens with zero attached hydrogens (tertiary/aromatic N) is 1. The molecular weight excluding hydrogens is 647 g/mol. The van der Waals surface area contributed by atoms with Crippen molar-refractivity contribution in [2.75, 3.05) is 0 Å². The second-order valence-corrected chi connectivity index (χ2v) is 14.2. The second-order valence-electron chi connectivity index (χ2n) is 13.1. The van der Waals surface area contributed by atoms with Gasteiger partial charge in [0.05, 0.1) is 0 Å². The summed E-state index contributed by atoms with van der Waals surface area (Å²) in [6.45, 7) is 0. The predicted octanol–water partition coefficient (Wildman–Crippen LogP) is 11.9. The summed E-state index contributed by atoms with van der Waals surface area (Å²) in [6, 6.07) is 53.1. The molecule has 11 rings (SSSR count). The van der Waals surface area contributed by atoms with Gasteiger partial charge < -0.3 is 14.2 Å². The standard InChI is InChI=1S/C45H29N3O2S/c1-2-11-26(12-3-1)43-46-44(33-18-10-22-39-40(33)32-14-5-7-21-38(32)51-39)48-45(47-43)34-19-9-17-31-35-25-27(23-24-37(35)50-42(31)34)28-15-8-16-30-29-13-4-6-20-36(29)49-41(28)30/h1-25,44-45,48H,(H,46,47). The first kappa shape index (κ1) is 28.6. The van der Waals surface area contributed by atoms with Gasteiger partial charge in [-0.15, -0.1) is 11.3 Å². The van der Waals surface area contributed by atoms with Crippen molar-refractivity contribution in [3.05, 3.63) is 168 Å². The summed E-state index contributed by atoms with van der Waals surface area (Å²) in [5.41, 5.74) is 8.83. The third-order valence-electron chi connectivity index (χ3n) is 10.2. The lowest BCUT2D eigenvalue weighted by atomic mass is 9.99. The monoisotopic (exact) mass is 675 g/mol. The van der Waals surface area contributed by atoms with E-state index in [1.807, 2.05) is 29.5 Å². The number of amidine groups is 1. The molecule has 0 spiro atoms. The number of hydrogen-bond acceptors (Lipinski definition) is 6. The normalized spacial score (nSPS) is 16.4. The van der Waals surface area contributed by atoms with Crippen LogP contribution in [0.1, 0.15) is 29.0 Å². The van der Waals surface area contributed by atoms with Gasteiger partial charge >= 0.3 is 0 Å². The Morgan fingerprint density at radius 1 is 0.510 bits per heavy atom. The lowest BCUT2D eigenvalue weighted by Crippen LogP contribution is -2.45. The Kier molecular flexibility index (Phi) is 6.26. The number of fused-ring (bicyclic) bond motifs is 9. The fraction of sp³-hybridized carbons (Fsp3) is 0.0444. The van der Waals surface area contributed by atoms with Gasteiger partial charge in [-0.1, -0.05) is 121 Å². The van der Waals surface area contributed by atoms with Crippen LogP contribution < -0.4 is 10.6 Å². The predicted molar refractivity (Wildman–Crippen MR) is 210 cm³/mol. The van der Waals surface area contributed by atoms with Crippen LogP contribution >= 0.6 is 11.3 Å². The van der Waals surface area contributed by atoms with E-state index in [-0.39, 0.29) is 12.3 Å². The van der Waals surface area contributed by atoms with Gasteiger partial charge in [-0.2, -0.15) is 0 Å². The number of hydrogen-bond donors (Lipinski definition) is 2. The molecule has 2 unspecified atom stereocenters. The maximum Gasteiger partial charge on any atom is 0.143 e. The van der Waals surface area contributed by atoms with Crippen molar-refractivity contribution in [3.8, 4) is 11.1 Å². The van der Waals surface area contributed by atoms with Crippen LogP contribution in [0.15, 0.2) is 165 Å². The zero-order valence-electron chi connectivity index (χ0n) is 27.3. The lowest BCUT2D eigenvalue weighted by Gasteiger charge is -2.32. The van der Waals surface area contributed by atoms with Crippen molar-refractivity contribution >= 4 is 81.2 Å². The molecule has 4 heterocycles. The van der Waals surface area contributed by atoms with Crippen LogP contribution in [0.5, 0.6) is 0 Å². The van der Waals surface area contributed by atoms with Gasteiger partial charge in [-0.05, 0) is 41.5 Å². The molecule has 0 fully saturated rings. The molecule has 5 nitrogen and oxygen atoms in total. The first-order valence-electron chi connectivity index (χ1n) is 17.2.